The standard InChI is InChI=1S/C19H18ClN3O2/c20-16-4-5-17-14(12-16)11-15(13-25-17)19(24)23-9-7-22(8-10-23)18-3-1-2-6-21-18/h1-6,11-12H,7-10,13H2. The van der Waals surface area contributed by atoms with Gasteiger partial charge in [0.2, 0.25) is 0 Å². The Morgan fingerprint density at radius 3 is 2.72 bits per heavy atom. The third-order valence-corrected chi connectivity index (χ3v) is 4.73. The number of pyridine rings is 1. The molecule has 0 atom stereocenters. The van der Waals surface area contributed by atoms with Crippen LogP contribution in [0.3, 0.4) is 0 Å². The summed E-state index contributed by atoms with van der Waals surface area (Å²) in [5, 5.41) is 0.635. The number of nitrogens with zero attached hydrogens (tertiary/aromatic N) is 3. The molecule has 1 fully saturated rings. The van der Waals surface area contributed by atoms with Crippen LogP contribution in [0.15, 0.2) is 48.2 Å². The summed E-state index contributed by atoms with van der Waals surface area (Å²) in [6.07, 6.45) is 3.68. The van der Waals surface area contributed by atoms with Crippen LogP contribution < -0.4 is 9.64 Å². The number of aromatic nitrogens is 1. The summed E-state index contributed by atoms with van der Waals surface area (Å²) in [4.78, 5) is 21.3. The summed E-state index contributed by atoms with van der Waals surface area (Å²) in [6.45, 7) is 3.21. The highest BCUT2D eigenvalue weighted by Crippen LogP contribution is 2.29. The van der Waals surface area contributed by atoms with E-state index in [1.54, 1.807) is 12.3 Å². The van der Waals surface area contributed by atoms with Crippen LogP contribution in [0.25, 0.3) is 6.08 Å². The maximum absolute atomic E-state index is 12.8. The first-order valence-corrected chi connectivity index (χ1v) is 8.67. The lowest BCUT2D eigenvalue weighted by atomic mass is 10.1. The van der Waals surface area contributed by atoms with Gasteiger partial charge < -0.3 is 14.5 Å². The van der Waals surface area contributed by atoms with E-state index in [9.17, 15) is 4.79 Å². The van der Waals surface area contributed by atoms with Gasteiger partial charge >= 0.3 is 0 Å². The number of piperazine rings is 1. The van der Waals surface area contributed by atoms with Crippen LogP contribution in [0, 0.1) is 0 Å². The third-order valence-electron chi connectivity index (χ3n) is 4.50. The third kappa shape index (κ3) is 3.33. The number of ether oxygens (including phenoxy) is 1. The Morgan fingerprint density at radius 2 is 1.96 bits per heavy atom. The zero-order valence-corrected chi connectivity index (χ0v) is 14.4. The Kier molecular flexibility index (Phi) is 4.32. The van der Waals surface area contributed by atoms with E-state index in [4.69, 9.17) is 16.3 Å². The van der Waals surface area contributed by atoms with Crippen LogP contribution >= 0.6 is 11.6 Å². The van der Waals surface area contributed by atoms with E-state index < -0.39 is 0 Å². The van der Waals surface area contributed by atoms with Crippen LogP contribution in [0.1, 0.15) is 5.56 Å². The second-order valence-electron chi connectivity index (χ2n) is 6.11. The van der Waals surface area contributed by atoms with E-state index in [1.807, 2.05) is 41.3 Å². The fourth-order valence-corrected chi connectivity index (χ4v) is 3.33. The summed E-state index contributed by atoms with van der Waals surface area (Å²) in [6, 6.07) is 11.3. The molecule has 2 aromatic rings. The van der Waals surface area contributed by atoms with Gasteiger partial charge in [0, 0.05) is 43.0 Å². The SMILES string of the molecule is O=C(C1=Cc2cc(Cl)ccc2OC1)N1CCN(c2ccccn2)CC1. The molecular weight excluding hydrogens is 338 g/mol. The molecule has 0 spiro atoms. The van der Waals surface area contributed by atoms with Crippen molar-refractivity contribution < 1.29 is 9.53 Å². The van der Waals surface area contributed by atoms with Gasteiger partial charge in [-0.15, -0.1) is 0 Å². The maximum Gasteiger partial charge on any atom is 0.253 e. The molecule has 2 aliphatic rings. The number of carbonyl (C=O) groups is 1. The number of anilines is 1. The van der Waals surface area contributed by atoms with E-state index >= 15 is 0 Å². The van der Waals surface area contributed by atoms with E-state index in [-0.39, 0.29) is 5.91 Å². The molecule has 0 saturated carbocycles. The molecule has 0 radical (unpaired) electrons. The van der Waals surface area contributed by atoms with Crippen LogP contribution in [-0.4, -0.2) is 48.6 Å². The van der Waals surface area contributed by atoms with Gasteiger partial charge in [-0.2, -0.15) is 0 Å². The van der Waals surface area contributed by atoms with Crippen molar-refractivity contribution in [2.45, 2.75) is 0 Å². The van der Waals surface area contributed by atoms with Crippen molar-refractivity contribution in [2.75, 3.05) is 37.7 Å². The fraction of sp³-hybridized carbons (Fsp3) is 0.263. The van der Waals surface area contributed by atoms with Crippen molar-refractivity contribution in [1.29, 1.82) is 0 Å². The van der Waals surface area contributed by atoms with Crippen molar-refractivity contribution in [1.82, 2.24) is 9.88 Å². The average Bonchev–Trinajstić information content (AvgIpc) is 2.67. The van der Waals surface area contributed by atoms with Crippen molar-refractivity contribution >= 4 is 29.4 Å². The lowest BCUT2D eigenvalue weighted by Gasteiger charge is -2.36. The zero-order chi connectivity index (χ0) is 17.2. The van der Waals surface area contributed by atoms with Gasteiger partial charge in [-0.05, 0) is 36.4 Å². The molecule has 128 valence electrons. The smallest absolute Gasteiger partial charge is 0.253 e. The second kappa shape index (κ2) is 6.76. The van der Waals surface area contributed by atoms with Gasteiger partial charge in [0.05, 0.1) is 5.57 Å². The first-order valence-electron chi connectivity index (χ1n) is 8.29. The molecule has 0 aliphatic carbocycles. The highest BCUT2D eigenvalue weighted by atomic mass is 35.5. The van der Waals surface area contributed by atoms with Gasteiger partial charge in [-0.3, -0.25) is 4.79 Å². The van der Waals surface area contributed by atoms with E-state index in [0.717, 1.165) is 30.2 Å². The Hall–Kier alpha value is -2.53. The number of hydrogen-bond acceptors (Lipinski definition) is 4. The molecule has 0 bridgehead atoms. The van der Waals surface area contributed by atoms with Crippen molar-refractivity contribution in [3.8, 4) is 5.75 Å². The highest BCUT2D eigenvalue weighted by Gasteiger charge is 2.26. The predicted octanol–water partition coefficient (Wildman–Crippen LogP) is 2.86. The molecule has 1 saturated heterocycles. The monoisotopic (exact) mass is 355 g/mol. The lowest BCUT2D eigenvalue weighted by molar-refractivity contribution is -0.127. The van der Waals surface area contributed by atoms with Crippen molar-refractivity contribution in [3.05, 3.63) is 58.8 Å². The topological polar surface area (TPSA) is 45.7 Å². The first-order chi connectivity index (χ1) is 12.2. The van der Waals surface area contributed by atoms with Crippen molar-refractivity contribution in [3.63, 3.8) is 0 Å². The molecule has 4 rings (SSSR count). The minimum absolute atomic E-state index is 0.0336. The minimum Gasteiger partial charge on any atom is -0.488 e. The maximum atomic E-state index is 12.8. The Morgan fingerprint density at radius 1 is 1.12 bits per heavy atom. The molecule has 25 heavy (non-hydrogen) atoms. The summed E-state index contributed by atoms with van der Waals surface area (Å²) < 4.78 is 5.70. The van der Waals surface area contributed by atoms with Crippen LogP contribution in [-0.2, 0) is 4.79 Å². The zero-order valence-electron chi connectivity index (χ0n) is 13.7. The Bertz CT molecular complexity index is 815. The molecule has 0 N–H and O–H groups in total. The molecule has 1 aromatic carbocycles. The summed E-state index contributed by atoms with van der Waals surface area (Å²) in [5.41, 5.74) is 1.52. The molecule has 3 heterocycles. The summed E-state index contributed by atoms with van der Waals surface area (Å²) in [7, 11) is 0. The highest BCUT2D eigenvalue weighted by molar-refractivity contribution is 6.30. The quantitative estimate of drug-likeness (QED) is 0.831. The molecule has 6 heteroatoms. The first kappa shape index (κ1) is 16.0. The number of hydrogen-bond donors (Lipinski definition) is 0. The van der Waals surface area contributed by atoms with Gasteiger partial charge in [0.25, 0.3) is 5.91 Å². The number of benzene rings is 1. The molecule has 2 aliphatic heterocycles. The largest absolute Gasteiger partial charge is 0.488 e. The van der Waals surface area contributed by atoms with Crippen LogP contribution in [0.2, 0.25) is 5.02 Å². The molecule has 0 unspecified atom stereocenters. The normalized spacial score (nSPS) is 16.8. The number of carbonyl (C=O) groups excluding carboxylic acids is 1. The molecule has 1 amide bonds. The van der Waals surface area contributed by atoms with Gasteiger partial charge in [-0.1, -0.05) is 17.7 Å². The molecule has 5 nitrogen and oxygen atoms in total. The summed E-state index contributed by atoms with van der Waals surface area (Å²) in [5.74, 6) is 1.76. The van der Waals surface area contributed by atoms with E-state index in [1.165, 1.54) is 0 Å². The Labute approximate surface area is 151 Å². The van der Waals surface area contributed by atoms with Crippen molar-refractivity contribution in [2.24, 2.45) is 0 Å². The number of amides is 1. The lowest BCUT2D eigenvalue weighted by Crippen LogP contribution is -2.49. The Balaban J connectivity index is 1.44. The number of halogens is 1. The summed E-state index contributed by atoms with van der Waals surface area (Å²) >= 11 is 6.04. The molecule has 1 aromatic heterocycles. The van der Waals surface area contributed by atoms with Gasteiger partial charge in [0.15, 0.2) is 0 Å². The minimum atomic E-state index is 0.0336. The van der Waals surface area contributed by atoms with E-state index in [0.29, 0.717) is 30.3 Å². The van der Waals surface area contributed by atoms with Crippen LogP contribution in [0.4, 0.5) is 5.82 Å². The number of rotatable bonds is 2. The van der Waals surface area contributed by atoms with Crippen LogP contribution in [0.5, 0.6) is 5.75 Å². The average molecular weight is 356 g/mol. The van der Waals surface area contributed by atoms with E-state index in [2.05, 4.69) is 9.88 Å². The van der Waals surface area contributed by atoms with Gasteiger partial charge in [0.1, 0.15) is 18.2 Å². The molecular formula is C19H18ClN3O2. The second-order valence-corrected chi connectivity index (χ2v) is 6.54. The fourth-order valence-electron chi connectivity index (χ4n) is 3.15. The number of fused-ring (bicyclic) bond motifs is 1. The predicted molar refractivity (Wildman–Crippen MR) is 98.0 cm³/mol. The van der Waals surface area contributed by atoms with Gasteiger partial charge in [-0.25, -0.2) is 4.98 Å².